The Bertz CT molecular complexity index is 1800. The molecule has 244 valence electrons. The first-order valence-corrected chi connectivity index (χ1v) is 15.5. The molecule has 0 saturated carbocycles. The minimum Gasteiger partial charge on any atom is -0.497 e. The van der Waals surface area contributed by atoms with E-state index < -0.39 is 12.0 Å². The monoisotopic (exact) mass is 636 g/mol. The van der Waals surface area contributed by atoms with Gasteiger partial charge in [-0.2, -0.15) is 0 Å². The van der Waals surface area contributed by atoms with Gasteiger partial charge in [-0.05, 0) is 74.4 Å². The summed E-state index contributed by atoms with van der Waals surface area (Å²) >= 11 is 0. The van der Waals surface area contributed by atoms with E-state index >= 15 is 0 Å². The van der Waals surface area contributed by atoms with Crippen molar-refractivity contribution in [2.24, 2.45) is 0 Å². The van der Waals surface area contributed by atoms with Gasteiger partial charge in [-0.15, -0.1) is 0 Å². The highest BCUT2D eigenvalue weighted by Crippen LogP contribution is 2.34. The Labute approximate surface area is 275 Å². The molecule has 2 N–H and O–H groups in total. The maximum atomic E-state index is 13.7. The molecule has 0 radical (unpaired) electrons. The van der Waals surface area contributed by atoms with Crippen LogP contribution in [-0.2, 0) is 22.7 Å². The van der Waals surface area contributed by atoms with E-state index in [1.807, 2.05) is 106 Å². The number of carbonyl (C=O) groups excluding carboxylic acids is 1. The number of carbonyl (C=O) groups is 1. The zero-order chi connectivity index (χ0) is 33.2. The molecule has 0 fully saturated rings. The molecule has 0 aliphatic rings. The summed E-state index contributed by atoms with van der Waals surface area (Å²) in [6, 6.07) is 25.6. The van der Waals surface area contributed by atoms with Crippen molar-refractivity contribution >= 4 is 28.4 Å². The van der Waals surface area contributed by atoms with Crippen LogP contribution < -0.4 is 29.6 Å². The Balaban J connectivity index is 1.41. The molecule has 0 amide bonds. The number of fused-ring (bicyclic) bond motifs is 1. The quantitative estimate of drug-likeness (QED) is 0.113. The number of rotatable bonds is 15. The number of aromatic nitrogens is 2. The Morgan fingerprint density at radius 2 is 1.68 bits per heavy atom. The summed E-state index contributed by atoms with van der Waals surface area (Å²) in [7, 11) is 3.25. The Morgan fingerprint density at radius 1 is 0.851 bits per heavy atom. The Morgan fingerprint density at radius 3 is 2.43 bits per heavy atom. The standard InChI is InChI=1S/C37H40N4O6/c1-6-45-34-18-26(13-17-32(34)47-24(2)3)35(37(42)46-22-25-10-8-7-9-11-25)41-28-14-16-30-31(19-28)39-23-40-36(30)38-21-27-12-15-29(43-4)20-33(27)44-5/h7-20,23-24,35,41H,6,21-22H2,1-5H3,(H,38,39,40). The van der Waals surface area contributed by atoms with Gasteiger partial charge < -0.3 is 34.3 Å². The Kier molecular flexibility index (Phi) is 11.0. The van der Waals surface area contributed by atoms with Crippen molar-refractivity contribution in [2.75, 3.05) is 31.5 Å². The molecule has 0 spiro atoms. The van der Waals surface area contributed by atoms with Gasteiger partial charge in [-0.25, -0.2) is 14.8 Å². The number of nitrogens with one attached hydrogen (secondary N) is 2. The van der Waals surface area contributed by atoms with Gasteiger partial charge in [-0.3, -0.25) is 0 Å². The lowest BCUT2D eigenvalue weighted by Gasteiger charge is -2.22. The van der Waals surface area contributed by atoms with E-state index in [0.29, 0.717) is 58.7 Å². The zero-order valence-corrected chi connectivity index (χ0v) is 27.3. The molecular weight excluding hydrogens is 596 g/mol. The maximum absolute atomic E-state index is 13.7. The fourth-order valence-corrected chi connectivity index (χ4v) is 5.05. The van der Waals surface area contributed by atoms with Gasteiger partial charge in [0.2, 0.25) is 0 Å². The molecule has 4 aromatic carbocycles. The fraction of sp³-hybridized carbons (Fsp3) is 0.270. The van der Waals surface area contributed by atoms with Crippen LogP contribution in [0.25, 0.3) is 10.9 Å². The van der Waals surface area contributed by atoms with Crippen LogP contribution in [0, 0.1) is 0 Å². The third-order valence-electron chi connectivity index (χ3n) is 7.31. The van der Waals surface area contributed by atoms with E-state index in [1.54, 1.807) is 14.2 Å². The van der Waals surface area contributed by atoms with E-state index in [0.717, 1.165) is 16.5 Å². The number of methoxy groups -OCH3 is 2. The highest BCUT2D eigenvalue weighted by Gasteiger charge is 2.25. The van der Waals surface area contributed by atoms with E-state index in [-0.39, 0.29) is 12.7 Å². The minimum atomic E-state index is -0.842. The van der Waals surface area contributed by atoms with Gasteiger partial charge in [0, 0.05) is 29.2 Å². The largest absolute Gasteiger partial charge is 0.497 e. The number of hydrogen-bond donors (Lipinski definition) is 2. The molecular formula is C37H40N4O6. The van der Waals surface area contributed by atoms with Crippen molar-refractivity contribution in [3.63, 3.8) is 0 Å². The smallest absolute Gasteiger partial charge is 0.333 e. The first-order valence-electron chi connectivity index (χ1n) is 15.5. The van der Waals surface area contributed by atoms with Crippen molar-refractivity contribution < 1.29 is 28.5 Å². The van der Waals surface area contributed by atoms with Gasteiger partial charge in [0.15, 0.2) is 17.5 Å². The van der Waals surface area contributed by atoms with E-state index in [2.05, 4.69) is 20.6 Å². The number of anilines is 2. The van der Waals surface area contributed by atoms with Crippen molar-refractivity contribution in [1.29, 1.82) is 0 Å². The van der Waals surface area contributed by atoms with Crippen LogP contribution in [0.5, 0.6) is 23.0 Å². The number of benzene rings is 4. The average Bonchev–Trinajstić information content (AvgIpc) is 3.09. The number of nitrogens with zero attached hydrogens (tertiary/aromatic N) is 2. The lowest BCUT2D eigenvalue weighted by atomic mass is 10.0. The van der Waals surface area contributed by atoms with E-state index in [9.17, 15) is 4.79 Å². The normalized spacial score (nSPS) is 11.5. The molecule has 10 heteroatoms. The Hall–Kier alpha value is -5.51. The van der Waals surface area contributed by atoms with Crippen LogP contribution in [0.4, 0.5) is 11.5 Å². The highest BCUT2D eigenvalue weighted by molar-refractivity contribution is 5.91. The molecule has 10 nitrogen and oxygen atoms in total. The molecule has 0 saturated heterocycles. The number of hydrogen-bond acceptors (Lipinski definition) is 10. The van der Waals surface area contributed by atoms with Gasteiger partial charge in [-0.1, -0.05) is 36.4 Å². The van der Waals surface area contributed by atoms with Gasteiger partial charge in [0.05, 0.1) is 32.4 Å². The number of ether oxygens (including phenoxy) is 5. The molecule has 5 rings (SSSR count). The van der Waals surface area contributed by atoms with E-state index in [4.69, 9.17) is 23.7 Å². The summed E-state index contributed by atoms with van der Waals surface area (Å²) in [5.74, 6) is 2.82. The lowest BCUT2D eigenvalue weighted by molar-refractivity contribution is -0.146. The van der Waals surface area contributed by atoms with Crippen LogP contribution in [0.3, 0.4) is 0 Å². The number of esters is 1. The molecule has 1 heterocycles. The summed E-state index contributed by atoms with van der Waals surface area (Å²) in [4.78, 5) is 22.7. The van der Waals surface area contributed by atoms with Crippen LogP contribution in [-0.4, -0.2) is 42.9 Å². The first kappa shape index (κ1) is 32.9. The van der Waals surface area contributed by atoms with Crippen molar-refractivity contribution in [3.8, 4) is 23.0 Å². The topological polar surface area (TPSA) is 113 Å². The summed E-state index contributed by atoms with van der Waals surface area (Å²) in [5.41, 5.74) is 3.89. The summed E-state index contributed by atoms with van der Waals surface area (Å²) < 4.78 is 28.5. The third-order valence-corrected chi connectivity index (χ3v) is 7.31. The molecule has 0 aliphatic carbocycles. The molecule has 1 aromatic heterocycles. The summed E-state index contributed by atoms with van der Waals surface area (Å²) in [5, 5.41) is 7.60. The zero-order valence-electron chi connectivity index (χ0n) is 27.3. The van der Waals surface area contributed by atoms with Crippen LogP contribution in [0.15, 0.2) is 91.3 Å². The SMILES string of the molecule is CCOc1cc(C(Nc2ccc3c(NCc4ccc(OC)cc4OC)ncnc3c2)C(=O)OCc2ccccc2)ccc1OC(C)C. The molecule has 5 aromatic rings. The van der Waals surface area contributed by atoms with Crippen molar-refractivity contribution in [3.05, 3.63) is 108 Å². The molecule has 0 bridgehead atoms. The molecule has 1 atom stereocenters. The highest BCUT2D eigenvalue weighted by atomic mass is 16.5. The lowest BCUT2D eigenvalue weighted by Crippen LogP contribution is -2.23. The second kappa shape index (κ2) is 15.7. The van der Waals surface area contributed by atoms with Crippen LogP contribution in [0.1, 0.15) is 43.5 Å². The molecule has 0 aliphatic heterocycles. The van der Waals surface area contributed by atoms with Crippen molar-refractivity contribution in [1.82, 2.24) is 9.97 Å². The maximum Gasteiger partial charge on any atom is 0.333 e. The first-order chi connectivity index (χ1) is 22.9. The predicted octanol–water partition coefficient (Wildman–Crippen LogP) is 7.34. The second-order valence-electron chi connectivity index (χ2n) is 11.0. The summed E-state index contributed by atoms with van der Waals surface area (Å²) in [6.07, 6.45) is 1.47. The van der Waals surface area contributed by atoms with Crippen LogP contribution in [0.2, 0.25) is 0 Å². The van der Waals surface area contributed by atoms with Gasteiger partial charge in [0.1, 0.15) is 30.3 Å². The van der Waals surface area contributed by atoms with Crippen molar-refractivity contribution in [2.45, 2.75) is 46.1 Å². The van der Waals surface area contributed by atoms with Crippen LogP contribution >= 0.6 is 0 Å². The minimum absolute atomic E-state index is 0.0398. The van der Waals surface area contributed by atoms with E-state index in [1.165, 1.54) is 6.33 Å². The summed E-state index contributed by atoms with van der Waals surface area (Å²) in [6.45, 7) is 6.88. The fourth-order valence-electron chi connectivity index (χ4n) is 5.05. The molecule has 1 unspecified atom stereocenters. The third kappa shape index (κ3) is 8.40. The predicted molar refractivity (Wildman–Crippen MR) is 182 cm³/mol. The molecule has 47 heavy (non-hydrogen) atoms. The van der Waals surface area contributed by atoms with Gasteiger partial charge >= 0.3 is 5.97 Å². The second-order valence-corrected chi connectivity index (χ2v) is 11.0. The van der Waals surface area contributed by atoms with Gasteiger partial charge in [0.25, 0.3) is 0 Å². The average molecular weight is 637 g/mol.